The minimum absolute atomic E-state index is 0.0150. The van der Waals surface area contributed by atoms with E-state index < -0.39 is 0 Å². The van der Waals surface area contributed by atoms with Crippen molar-refractivity contribution >= 4 is 11.6 Å². The van der Waals surface area contributed by atoms with Crippen LogP contribution in [0.25, 0.3) is 0 Å². The summed E-state index contributed by atoms with van der Waals surface area (Å²) in [6, 6.07) is 0. The van der Waals surface area contributed by atoms with Crippen LogP contribution >= 0.6 is 11.6 Å². The summed E-state index contributed by atoms with van der Waals surface area (Å²) in [5.41, 5.74) is 0. The molecule has 3 heteroatoms. The highest BCUT2D eigenvalue weighted by atomic mass is 35.5. The molecular formula is C7H13ClO2. The largest absolute Gasteiger partial charge is 0.350 e. The summed E-state index contributed by atoms with van der Waals surface area (Å²) in [6.45, 7) is 3.46. The zero-order valence-corrected chi connectivity index (χ0v) is 6.93. The maximum Gasteiger partial charge on any atom is 0.157 e. The first-order valence-corrected chi connectivity index (χ1v) is 4.10. The van der Waals surface area contributed by atoms with Gasteiger partial charge in [-0.05, 0) is 19.8 Å². The molecule has 0 aliphatic carbocycles. The van der Waals surface area contributed by atoms with E-state index in [4.69, 9.17) is 21.1 Å². The van der Waals surface area contributed by atoms with Gasteiger partial charge in [-0.2, -0.15) is 0 Å². The van der Waals surface area contributed by atoms with Crippen molar-refractivity contribution in [3.63, 3.8) is 0 Å². The highest BCUT2D eigenvalue weighted by molar-refractivity contribution is 6.20. The van der Waals surface area contributed by atoms with Crippen molar-refractivity contribution in [2.45, 2.75) is 31.4 Å². The van der Waals surface area contributed by atoms with Gasteiger partial charge in [0, 0.05) is 5.38 Å². The van der Waals surface area contributed by atoms with Crippen molar-refractivity contribution in [1.82, 2.24) is 0 Å². The Labute approximate surface area is 66.5 Å². The first-order chi connectivity index (χ1) is 4.79. The smallest absolute Gasteiger partial charge is 0.157 e. The standard InChI is InChI=1S/C7H13ClO2/c1-6(8)2-3-7-9-4-5-10-7/h6-7H,2-5H2,1H3. The van der Waals surface area contributed by atoms with Gasteiger partial charge in [0.1, 0.15) is 0 Å². The minimum Gasteiger partial charge on any atom is -0.350 e. The predicted octanol–water partition coefficient (Wildman–Crippen LogP) is 1.77. The Balaban J connectivity index is 2.01. The van der Waals surface area contributed by atoms with E-state index in [2.05, 4.69) is 0 Å². The van der Waals surface area contributed by atoms with E-state index in [1.165, 1.54) is 0 Å². The molecule has 1 rings (SSSR count). The summed E-state index contributed by atoms with van der Waals surface area (Å²) in [7, 11) is 0. The lowest BCUT2D eigenvalue weighted by molar-refractivity contribution is -0.0476. The van der Waals surface area contributed by atoms with Gasteiger partial charge in [-0.1, -0.05) is 0 Å². The molecule has 1 saturated heterocycles. The average Bonchev–Trinajstić information content (AvgIpc) is 2.34. The van der Waals surface area contributed by atoms with E-state index in [0.717, 1.165) is 26.1 Å². The van der Waals surface area contributed by atoms with Crippen LogP contribution in [0.15, 0.2) is 0 Å². The molecule has 1 aliphatic heterocycles. The minimum atomic E-state index is 0.0150. The van der Waals surface area contributed by atoms with Crippen molar-refractivity contribution in [1.29, 1.82) is 0 Å². The Kier molecular flexibility index (Phi) is 3.46. The fourth-order valence-corrected chi connectivity index (χ4v) is 1.07. The summed E-state index contributed by atoms with van der Waals surface area (Å²) < 4.78 is 10.4. The van der Waals surface area contributed by atoms with Crippen LogP contribution in [0.3, 0.4) is 0 Å². The number of rotatable bonds is 3. The Morgan fingerprint density at radius 1 is 1.50 bits per heavy atom. The van der Waals surface area contributed by atoms with Crippen molar-refractivity contribution < 1.29 is 9.47 Å². The van der Waals surface area contributed by atoms with Crippen LogP contribution in [0.4, 0.5) is 0 Å². The van der Waals surface area contributed by atoms with Crippen molar-refractivity contribution in [2.24, 2.45) is 0 Å². The van der Waals surface area contributed by atoms with Gasteiger partial charge in [-0.25, -0.2) is 0 Å². The monoisotopic (exact) mass is 164 g/mol. The van der Waals surface area contributed by atoms with Crippen molar-refractivity contribution in [2.75, 3.05) is 13.2 Å². The third kappa shape index (κ3) is 2.86. The van der Waals surface area contributed by atoms with Crippen molar-refractivity contribution in [3.05, 3.63) is 0 Å². The molecule has 0 aromatic heterocycles. The highest BCUT2D eigenvalue weighted by Crippen LogP contribution is 2.13. The van der Waals surface area contributed by atoms with Crippen LogP contribution in [0.5, 0.6) is 0 Å². The number of halogens is 1. The predicted molar refractivity (Wildman–Crippen MR) is 40.2 cm³/mol. The van der Waals surface area contributed by atoms with Crippen LogP contribution in [0.1, 0.15) is 19.8 Å². The average molecular weight is 165 g/mol. The second kappa shape index (κ2) is 4.16. The first-order valence-electron chi connectivity index (χ1n) is 3.66. The summed E-state index contributed by atoms with van der Waals surface area (Å²) >= 11 is 5.75. The molecule has 0 radical (unpaired) electrons. The molecule has 10 heavy (non-hydrogen) atoms. The molecule has 0 amide bonds. The van der Waals surface area contributed by atoms with E-state index in [0.29, 0.717) is 0 Å². The molecule has 0 bridgehead atoms. The molecular weight excluding hydrogens is 152 g/mol. The lowest BCUT2D eigenvalue weighted by atomic mass is 10.2. The Hall–Kier alpha value is 0.210. The lowest BCUT2D eigenvalue weighted by Gasteiger charge is -2.08. The number of hydrogen-bond donors (Lipinski definition) is 0. The summed E-state index contributed by atoms with van der Waals surface area (Å²) in [6.07, 6.45) is 1.90. The Morgan fingerprint density at radius 2 is 2.10 bits per heavy atom. The quantitative estimate of drug-likeness (QED) is 0.592. The lowest BCUT2D eigenvalue weighted by Crippen LogP contribution is -2.09. The van der Waals surface area contributed by atoms with Gasteiger partial charge in [-0.3, -0.25) is 0 Å². The second-order valence-electron chi connectivity index (χ2n) is 2.53. The van der Waals surface area contributed by atoms with Crippen LogP contribution in [0, 0.1) is 0 Å². The highest BCUT2D eigenvalue weighted by Gasteiger charge is 2.15. The molecule has 1 aliphatic rings. The van der Waals surface area contributed by atoms with E-state index in [-0.39, 0.29) is 11.7 Å². The first kappa shape index (κ1) is 8.31. The fraction of sp³-hybridized carbons (Fsp3) is 1.00. The van der Waals surface area contributed by atoms with Gasteiger partial charge in [-0.15, -0.1) is 11.6 Å². The van der Waals surface area contributed by atoms with Gasteiger partial charge < -0.3 is 9.47 Å². The van der Waals surface area contributed by atoms with Gasteiger partial charge >= 0.3 is 0 Å². The molecule has 60 valence electrons. The van der Waals surface area contributed by atoms with Crippen LogP contribution in [-0.2, 0) is 9.47 Å². The molecule has 0 N–H and O–H groups in total. The third-order valence-electron chi connectivity index (χ3n) is 1.49. The molecule has 1 unspecified atom stereocenters. The molecule has 0 saturated carbocycles. The number of alkyl halides is 1. The summed E-state index contributed by atoms with van der Waals surface area (Å²) in [5.74, 6) is 0. The normalized spacial score (nSPS) is 23.4. The molecule has 1 fully saturated rings. The summed E-state index contributed by atoms with van der Waals surface area (Å²) in [5, 5.41) is 0.229. The third-order valence-corrected chi connectivity index (χ3v) is 1.71. The molecule has 0 aromatic rings. The van der Waals surface area contributed by atoms with E-state index in [9.17, 15) is 0 Å². The maximum absolute atomic E-state index is 5.75. The molecule has 1 atom stereocenters. The van der Waals surface area contributed by atoms with Crippen LogP contribution < -0.4 is 0 Å². The summed E-state index contributed by atoms with van der Waals surface area (Å²) in [4.78, 5) is 0. The van der Waals surface area contributed by atoms with E-state index in [1.807, 2.05) is 6.92 Å². The molecule has 2 nitrogen and oxygen atoms in total. The Morgan fingerprint density at radius 3 is 2.60 bits per heavy atom. The van der Waals surface area contributed by atoms with E-state index >= 15 is 0 Å². The number of hydrogen-bond acceptors (Lipinski definition) is 2. The second-order valence-corrected chi connectivity index (χ2v) is 3.27. The van der Waals surface area contributed by atoms with Crippen LogP contribution in [-0.4, -0.2) is 24.9 Å². The van der Waals surface area contributed by atoms with Crippen molar-refractivity contribution in [3.8, 4) is 0 Å². The Bertz CT molecular complexity index is 89.6. The van der Waals surface area contributed by atoms with E-state index in [1.54, 1.807) is 0 Å². The van der Waals surface area contributed by atoms with Gasteiger partial charge in [0.2, 0.25) is 0 Å². The SMILES string of the molecule is CC(Cl)CCC1OCCO1. The van der Waals surface area contributed by atoms with Crippen LogP contribution in [0.2, 0.25) is 0 Å². The molecule has 0 aromatic carbocycles. The zero-order valence-electron chi connectivity index (χ0n) is 6.18. The molecule has 1 heterocycles. The van der Waals surface area contributed by atoms with Gasteiger partial charge in [0.25, 0.3) is 0 Å². The number of ether oxygens (including phenoxy) is 2. The van der Waals surface area contributed by atoms with Gasteiger partial charge in [0.15, 0.2) is 6.29 Å². The molecule has 0 spiro atoms. The fourth-order valence-electron chi connectivity index (χ4n) is 0.940. The van der Waals surface area contributed by atoms with Gasteiger partial charge in [0.05, 0.1) is 13.2 Å². The zero-order chi connectivity index (χ0) is 7.40. The maximum atomic E-state index is 5.75. The topological polar surface area (TPSA) is 18.5 Å².